The molecule has 1 aliphatic heterocycles. The van der Waals surface area contributed by atoms with Gasteiger partial charge in [0.15, 0.2) is 5.75 Å². The predicted octanol–water partition coefficient (Wildman–Crippen LogP) is 3.79. The molecule has 2 heterocycles. The number of hydrogen-bond donors (Lipinski definition) is 0. The summed E-state index contributed by atoms with van der Waals surface area (Å²) in [7, 11) is 1.96. The lowest BCUT2D eigenvalue weighted by Gasteiger charge is -2.15. The zero-order valence-electron chi connectivity index (χ0n) is 15.6. The highest BCUT2D eigenvalue weighted by Gasteiger charge is 2.28. The van der Waals surface area contributed by atoms with Gasteiger partial charge in [-0.05, 0) is 25.1 Å². The van der Waals surface area contributed by atoms with Gasteiger partial charge < -0.3 is 18.8 Å². The summed E-state index contributed by atoms with van der Waals surface area (Å²) in [4.78, 5) is 13.6. The summed E-state index contributed by atoms with van der Waals surface area (Å²) in [6.45, 7) is 4.51. The Hall–Kier alpha value is -3.28. The molecule has 1 aromatic heterocycles. The Morgan fingerprint density at radius 3 is 2.78 bits per heavy atom. The predicted molar refractivity (Wildman–Crippen MR) is 101 cm³/mol. The van der Waals surface area contributed by atoms with E-state index in [1.807, 2.05) is 65.9 Å². The minimum absolute atomic E-state index is 0.262. The molecule has 0 bridgehead atoms. The monoisotopic (exact) mass is 365 g/mol. The summed E-state index contributed by atoms with van der Waals surface area (Å²) in [6, 6.07) is 13.3. The smallest absolute Gasteiger partial charge is 0.379 e. The van der Waals surface area contributed by atoms with Crippen LogP contribution in [0.25, 0.3) is 17.2 Å². The van der Waals surface area contributed by atoms with Crippen molar-refractivity contribution in [3.8, 4) is 11.5 Å². The minimum Gasteiger partial charge on any atom is -0.438 e. The lowest BCUT2D eigenvalue weighted by atomic mass is 10.2. The molecule has 0 atom stereocenters. The maximum Gasteiger partial charge on any atom is 0.379 e. The second-order valence-electron chi connectivity index (χ2n) is 6.25. The SMILES string of the molecule is CCC(=O)Oc1ccc2c(c1)N(CC)C(=Cc1oc3ccccc3[n+]1C)O2. The van der Waals surface area contributed by atoms with E-state index < -0.39 is 0 Å². The van der Waals surface area contributed by atoms with E-state index in [2.05, 4.69) is 0 Å². The quantitative estimate of drug-likeness (QED) is 0.400. The van der Waals surface area contributed by atoms with Gasteiger partial charge in [0.25, 0.3) is 5.52 Å². The third kappa shape index (κ3) is 3.03. The van der Waals surface area contributed by atoms with Crippen molar-refractivity contribution in [3.05, 3.63) is 54.2 Å². The fourth-order valence-electron chi connectivity index (χ4n) is 3.13. The van der Waals surface area contributed by atoms with Crippen LogP contribution in [0, 0.1) is 0 Å². The highest BCUT2D eigenvalue weighted by molar-refractivity contribution is 5.76. The van der Waals surface area contributed by atoms with Crippen LogP contribution in [0.1, 0.15) is 26.2 Å². The summed E-state index contributed by atoms with van der Waals surface area (Å²) < 4.78 is 19.3. The fourth-order valence-corrected chi connectivity index (χ4v) is 3.13. The van der Waals surface area contributed by atoms with Crippen LogP contribution in [-0.2, 0) is 11.8 Å². The van der Waals surface area contributed by atoms with Crippen molar-refractivity contribution < 1.29 is 23.3 Å². The molecular weight excluding hydrogens is 344 g/mol. The molecule has 27 heavy (non-hydrogen) atoms. The number of hydrogen-bond acceptors (Lipinski definition) is 5. The van der Waals surface area contributed by atoms with Gasteiger partial charge in [-0.3, -0.25) is 4.79 Å². The maximum atomic E-state index is 11.6. The molecule has 0 N–H and O–H groups in total. The van der Waals surface area contributed by atoms with Crippen molar-refractivity contribution in [2.24, 2.45) is 7.05 Å². The Balaban J connectivity index is 1.70. The third-order valence-electron chi connectivity index (χ3n) is 4.56. The zero-order valence-corrected chi connectivity index (χ0v) is 15.6. The number of nitrogens with zero attached hydrogens (tertiary/aromatic N) is 2. The number of oxazole rings is 1. The van der Waals surface area contributed by atoms with E-state index in [0.29, 0.717) is 30.5 Å². The van der Waals surface area contributed by atoms with Gasteiger partial charge in [-0.15, -0.1) is 0 Å². The van der Waals surface area contributed by atoms with Gasteiger partial charge in [-0.2, -0.15) is 4.57 Å². The Labute approximate surface area is 157 Å². The molecule has 0 saturated heterocycles. The van der Waals surface area contributed by atoms with Gasteiger partial charge in [-0.1, -0.05) is 19.1 Å². The van der Waals surface area contributed by atoms with Crippen LogP contribution in [0.5, 0.6) is 11.5 Å². The molecule has 3 aromatic rings. The first-order valence-corrected chi connectivity index (χ1v) is 9.00. The van der Waals surface area contributed by atoms with E-state index >= 15 is 0 Å². The number of ether oxygens (including phenoxy) is 2. The molecular formula is C21H21N2O4+. The van der Waals surface area contributed by atoms with Crippen LogP contribution < -0.4 is 18.9 Å². The lowest BCUT2D eigenvalue weighted by molar-refractivity contribution is -0.652. The van der Waals surface area contributed by atoms with Crippen LogP contribution in [0.3, 0.4) is 0 Å². The van der Waals surface area contributed by atoms with Crippen molar-refractivity contribution in [2.75, 3.05) is 11.4 Å². The highest BCUT2D eigenvalue weighted by Crippen LogP contribution is 2.41. The molecule has 6 heteroatoms. The number of aryl methyl sites for hydroxylation is 1. The molecule has 4 rings (SSSR count). The van der Waals surface area contributed by atoms with Crippen molar-refractivity contribution in [2.45, 2.75) is 20.3 Å². The van der Waals surface area contributed by atoms with E-state index in [1.165, 1.54) is 0 Å². The molecule has 1 aliphatic rings. The molecule has 0 aliphatic carbocycles. The summed E-state index contributed by atoms with van der Waals surface area (Å²) in [5.74, 6) is 2.33. The Bertz CT molecular complexity index is 1050. The summed E-state index contributed by atoms with van der Waals surface area (Å²) in [5, 5.41) is 0. The molecule has 0 spiro atoms. The van der Waals surface area contributed by atoms with Crippen LogP contribution >= 0.6 is 0 Å². The van der Waals surface area contributed by atoms with E-state index in [9.17, 15) is 4.79 Å². The number of carbonyl (C=O) groups excluding carboxylic acids is 1. The fraction of sp³-hybridized carbons (Fsp3) is 0.238. The Morgan fingerprint density at radius 1 is 1.22 bits per heavy atom. The first-order chi connectivity index (χ1) is 13.1. The molecule has 0 unspecified atom stereocenters. The molecule has 0 fully saturated rings. The molecule has 6 nitrogen and oxygen atoms in total. The van der Waals surface area contributed by atoms with Crippen LogP contribution in [-0.4, -0.2) is 12.5 Å². The van der Waals surface area contributed by atoms with E-state index in [0.717, 1.165) is 22.5 Å². The molecule has 0 saturated carbocycles. The van der Waals surface area contributed by atoms with Crippen molar-refractivity contribution >= 4 is 28.8 Å². The first kappa shape index (κ1) is 17.1. The van der Waals surface area contributed by atoms with Crippen molar-refractivity contribution in [1.82, 2.24) is 0 Å². The number of rotatable bonds is 4. The van der Waals surface area contributed by atoms with Gasteiger partial charge in [0, 0.05) is 25.1 Å². The van der Waals surface area contributed by atoms with Gasteiger partial charge in [0.05, 0.1) is 5.69 Å². The minimum atomic E-state index is -0.262. The van der Waals surface area contributed by atoms with Gasteiger partial charge >= 0.3 is 11.9 Å². The standard InChI is InChI=1S/C21H21N2O4/c1-4-21(24)25-14-10-11-18-16(12-14)23(5-2)20(27-18)13-19-22(3)15-8-6-7-9-17(15)26-19/h6-13H,4-5H2,1-3H3/q+1. The number of benzene rings is 2. The summed E-state index contributed by atoms with van der Waals surface area (Å²) >= 11 is 0. The second kappa shape index (κ2) is 6.79. The van der Waals surface area contributed by atoms with Crippen LogP contribution in [0.15, 0.2) is 52.8 Å². The normalized spacial score (nSPS) is 14.5. The number of para-hydroxylation sites is 2. The van der Waals surface area contributed by atoms with E-state index in [4.69, 9.17) is 13.9 Å². The van der Waals surface area contributed by atoms with E-state index in [-0.39, 0.29) is 5.97 Å². The van der Waals surface area contributed by atoms with Gasteiger partial charge in [0.1, 0.15) is 18.9 Å². The average Bonchev–Trinajstić information content (AvgIpc) is 3.19. The third-order valence-corrected chi connectivity index (χ3v) is 4.56. The van der Waals surface area contributed by atoms with Crippen molar-refractivity contribution in [3.63, 3.8) is 0 Å². The van der Waals surface area contributed by atoms with Crippen molar-refractivity contribution in [1.29, 1.82) is 0 Å². The number of carbonyl (C=O) groups is 1. The Morgan fingerprint density at radius 2 is 2.04 bits per heavy atom. The van der Waals surface area contributed by atoms with Gasteiger partial charge in [0.2, 0.25) is 11.5 Å². The summed E-state index contributed by atoms with van der Waals surface area (Å²) in [6.07, 6.45) is 2.21. The largest absolute Gasteiger partial charge is 0.438 e. The molecule has 2 aromatic carbocycles. The number of aromatic nitrogens is 1. The lowest BCUT2D eigenvalue weighted by Crippen LogP contribution is -2.30. The second-order valence-corrected chi connectivity index (χ2v) is 6.25. The highest BCUT2D eigenvalue weighted by atomic mass is 16.5. The molecule has 0 radical (unpaired) electrons. The first-order valence-electron chi connectivity index (χ1n) is 9.00. The number of anilines is 1. The molecule has 0 amide bonds. The number of esters is 1. The summed E-state index contributed by atoms with van der Waals surface area (Å²) in [5.41, 5.74) is 2.69. The van der Waals surface area contributed by atoms with Crippen LogP contribution in [0.4, 0.5) is 5.69 Å². The average molecular weight is 365 g/mol. The maximum absolute atomic E-state index is 11.6. The van der Waals surface area contributed by atoms with Crippen LogP contribution in [0.2, 0.25) is 0 Å². The van der Waals surface area contributed by atoms with E-state index in [1.54, 1.807) is 13.0 Å². The zero-order chi connectivity index (χ0) is 19.0. The molecule has 138 valence electrons. The van der Waals surface area contributed by atoms with Gasteiger partial charge in [-0.25, -0.2) is 0 Å². The Kier molecular flexibility index (Phi) is 4.32. The topological polar surface area (TPSA) is 55.8 Å². The number of fused-ring (bicyclic) bond motifs is 2.